The van der Waals surface area contributed by atoms with Crippen LogP contribution in [-0.2, 0) is 24.2 Å². The molecule has 1 aliphatic rings. The van der Waals surface area contributed by atoms with E-state index in [1.54, 1.807) is 6.07 Å². The molecule has 1 aliphatic heterocycles. The molecule has 2 aromatic rings. The largest absolute Gasteiger partial charge is 0.468 e. The van der Waals surface area contributed by atoms with Crippen LogP contribution in [0.25, 0.3) is 0 Å². The number of rotatable bonds is 8. The Kier molecular flexibility index (Phi) is 8.08. The number of hydrogen-bond donors (Lipinski definition) is 2. The zero-order chi connectivity index (χ0) is 22.3. The number of morpholine rings is 1. The maximum Gasteiger partial charge on any atom is 0.309 e. The number of carbonyl (C=O) groups excluding carboxylic acids is 2. The third-order valence-electron chi connectivity index (χ3n) is 4.85. The van der Waals surface area contributed by atoms with Crippen molar-refractivity contribution in [2.24, 2.45) is 0 Å². The Labute approximate surface area is 185 Å². The molecule has 0 bridgehead atoms. The number of carbonyl (C=O) groups is 2. The molecule has 0 unspecified atom stereocenters. The number of amides is 2. The number of halogens is 1. The smallest absolute Gasteiger partial charge is 0.309 e. The molecule has 1 fully saturated rings. The molecule has 2 heterocycles. The van der Waals surface area contributed by atoms with Crippen LogP contribution >= 0.6 is 11.6 Å². The van der Waals surface area contributed by atoms with Crippen LogP contribution in [0.3, 0.4) is 0 Å². The fraction of sp³-hybridized carbons (Fsp3) is 0.400. The number of hydrogen-bond acceptors (Lipinski definition) is 7. The number of ether oxygens (including phenoxy) is 1. The fourth-order valence-electron chi connectivity index (χ4n) is 3.12. The molecule has 1 aromatic heterocycles. The van der Waals surface area contributed by atoms with Crippen LogP contribution in [0.4, 0.5) is 0 Å². The second-order valence-electron chi connectivity index (χ2n) is 6.92. The summed E-state index contributed by atoms with van der Waals surface area (Å²) in [5, 5.41) is 4.14. The quantitative estimate of drug-likeness (QED) is 0.554. The summed E-state index contributed by atoms with van der Waals surface area (Å²) >= 11 is 5.85. The number of benzene rings is 1. The molecule has 11 heteroatoms. The number of furan rings is 1. The molecular formula is C20H24ClN3O6S. The average molecular weight is 470 g/mol. The van der Waals surface area contributed by atoms with Gasteiger partial charge in [-0.2, -0.15) is 0 Å². The Bertz CT molecular complexity index is 973. The summed E-state index contributed by atoms with van der Waals surface area (Å²) < 4.78 is 36.7. The number of nitrogens with zero attached hydrogens (tertiary/aromatic N) is 1. The van der Waals surface area contributed by atoms with Crippen molar-refractivity contribution in [3.8, 4) is 0 Å². The lowest BCUT2D eigenvalue weighted by molar-refractivity contribution is -0.139. The van der Waals surface area contributed by atoms with Crippen LogP contribution < -0.4 is 10.6 Å². The van der Waals surface area contributed by atoms with Gasteiger partial charge in [-0.05, 0) is 36.4 Å². The maximum atomic E-state index is 13.1. The van der Waals surface area contributed by atoms with Gasteiger partial charge in [0.2, 0.25) is 0 Å². The fourth-order valence-corrected chi connectivity index (χ4v) is 4.84. The van der Waals surface area contributed by atoms with E-state index in [-0.39, 0.29) is 17.2 Å². The van der Waals surface area contributed by atoms with Gasteiger partial charge in [0.15, 0.2) is 9.84 Å². The van der Waals surface area contributed by atoms with Gasteiger partial charge in [-0.3, -0.25) is 14.5 Å². The zero-order valence-electron chi connectivity index (χ0n) is 16.8. The SMILES string of the molecule is O=C(NCCN1CCOCC1)C(=O)NC[C@@H](c1ccco1)S(=O)(=O)c1ccc(Cl)cc1. The van der Waals surface area contributed by atoms with Crippen LogP contribution in [0, 0.1) is 0 Å². The highest BCUT2D eigenvalue weighted by Crippen LogP contribution is 2.29. The van der Waals surface area contributed by atoms with Gasteiger partial charge in [-0.25, -0.2) is 8.42 Å². The van der Waals surface area contributed by atoms with Crippen LogP contribution in [0.15, 0.2) is 52.0 Å². The van der Waals surface area contributed by atoms with Crippen LogP contribution in [0.5, 0.6) is 0 Å². The van der Waals surface area contributed by atoms with Gasteiger partial charge < -0.3 is 19.8 Å². The normalized spacial score (nSPS) is 15.9. The minimum atomic E-state index is -3.91. The van der Waals surface area contributed by atoms with Gasteiger partial charge in [0.25, 0.3) is 0 Å². The van der Waals surface area contributed by atoms with Crippen molar-refractivity contribution in [1.29, 1.82) is 0 Å². The van der Waals surface area contributed by atoms with E-state index in [0.717, 1.165) is 13.1 Å². The van der Waals surface area contributed by atoms with Crippen molar-refractivity contribution in [2.45, 2.75) is 10.1 Å². The van der Waals surface area contributed by atoms with Crippen LogP contribution in [-0.4, -0.2) is 71.1 Å². The Morgan fingerprint density at radius 3 is 2.39 bits per heavy atom. The Morgan fingerprint density at radius 2 is 1.74 bits per heavy atom. The van der Waals surface area contributed by atoms with Crippen molar-refractivity contribution < 1.29 is 27.2 Å². The lowest BCUT2D eigenvalue weighted by atomic mass is 10.3. The first kappa shape index (κ1) is 23.3. The highest BCUT2D eigenvalue weighted by atomic mass is 35.5. The highest BCUT2D eigenvalue weighted by molar-refractivity contribution is 7.91. The van der Waals surface area contributed by atoms with Gasteiger partial charge in [0, 0.05) is 37.7 Å². The zero-order valence-corrected chi connectivity index (χ0v) is 18.3. The van der Waals surface area contributed by atoms with E-state index in [9.17, 15) is 18.0 Å². The van der Waals surface area contributed by atoms with Gasteiger partial charge in [0.05, 0.1) is 24.4 Å². The summed E-state index contributed by atoms with van der Waals surface area (Å²) in [5.41, 5.74) is 0. The maximum absolute atomic E-state index is 13.1. The highest BCUT2D eigenvalue weighted by Gasteiger charge is 2.32. The second kappa shape index (κ2) is 10.8. The molecule has 0 radical (unpaired) electrons. The van der Waals surface area contributed by atoms with E-state index in [1.165, 1.54) is 36.6 Å². The van der Waals surface area contributed by atoms with Crippen molar-refractivity contribution in [3.05, 3.63) is 53.4 Å². The molecule has 2 N–H and O–H groups in total. The summed E-state index contributed by atoms with van der Waals surface area (Å²) in [4.78, 5) is 26.4. The molecule has 1 aromatic carbocycles. The molecule has 0 saturated carbocycles. The van der Waals surface area contributed by atoms with E-state index < -0.39 is 26.9 Å². The molecule has 31 heavy (non-hydrogen) atoms. The topological polar surface area (TPSA) is 118 Å². The summed E-state index contributed by atoms with van der Waals surface area (Å²) in [5.74, 6) is -1.58. The van der Waals surface area contributed by atoms with Gasteiger partial charge in [-0.15, -0.1) is 0 Å². The first-order valence-electron chi connectivity index (χ1n) is 9.77. The Balaban J connectivity index is 1.59. The summed E-state index contributed by atoms with van der Waals surface area (Å²) in [6, 6.07) is 8.76. The second-order valence-corrected chi connectivity index (χ2v) is 9.49. The number of sulfone groups is 1. The van der Waals surface area contributed by atoms with Gasteiger partial charge in [-0.1, -0.05) is 11.6 Å². The van der Waals surface area contributed by atoms with Crippen LogP contribution in [0.1, 0.15) is 11.0 Å². The third-order valence-corrected chi connectivity index (χ3v) is 7.18. The molecule has 0 spiro atoms. The predicted octanol–water partition coefficient (Wildman–Crippen LogP) is 1.01. The average Bonchev–Trinajstić information content (AvgIpc) is 3.29. The lowest BCUT2D eigenvalue weighted by Gasteiger charge is -2.26. The molecule has 1 saturated heterocycles. The van der Waals surface area contributed by atoms with E-state index in [0.29, 0.717) is 31.3 Å². The van der Waals surface area contributed by atoms with Crippen molar-refractivity contribution in [1.82, 2.24) is 15.5 Å². The molecule has 2 amide bonds. The first-order chi connectivity index (χ1) is 14.9. The molecular weight excluding hydrogens is 446 g/mol. The Hall–Kier alpha value is -2.40. The summed E-state index contributed by atoms with van der Waals surface area (Å²) in [6.07, 6.45) is 1.35. The standard InChI is InChI=1S/C20H24ClN3O6S/c21-15-3-5-16(6-4-15)31(27,28)18(17-2-1-11-30-17)14-23-20(26)19(25)22-7-8-24-9-12-29-13-10-24/h1-6,11,18H,7-10,12-14H2,(H,22,25)(H,23,26)/t18-/m0/s1. The van der Waals surface area contributed by atoms with Gasteiger partial charge >= 0.3 is 11.8 Å². The molecule has 0 aliphatic carbocycles. The minimum absolute atomic E-state index is 0.0301. The Morgan fingerprint density at radius 1 is 1.06 bits per heavy atom. The van der Waals surface area contributed by atoms with Crippen molar-refractivity contribution >= 4 is 33.3 Å². The summed E-state index contributed by atoms with van der Waals surface area (Å²) in [7, 11) is -3.91. The van der Waals surface area contributed by atoms with E-state index >= 15 is 0 Å². The summed E-state index contributed by atoms with van der Waals surface area (Å²) in [6.45, 7) is 3.41. The molecule has 3 rings (SSSR count). The van der Waals surface area contributed by atoms with E-state index in [1.807, 2.05) is 0 Å². The predicted molar refractivity (Wildman–Crippen MR) is 113 cm³/mol. The van der Waals surface area contributed by atoms with E-state index in [4.69, 9.17) is 20.8 Å². The first-order valence-corrected chi connectivity index (χ1v) is 11.7. The monoisotopic (exact) mass is 469 g/mol. The number of nitrogens with one attached hydrogen (secondary N) is 2. The molecule has 9 nitrogen and oxygen atoms in total. The van der Waals surface area contributed by atoms with Crippen molar-refractivity contribution in [3.63, 3.8) is 0 Å². The van der Waals surface area contributed by atoms with E-state index in [2.05, 4.69) is 15.5 Å². The third kappa shape index (κ3) is 6.30. The molecule has 1 atom stereocenters. The van der Waals surface area contributed by atoms with Gasteiger partial charge in [0.1, 0.15) is 11.0 Å². The minimum Gasteiger partial charge on any atom is -0.468 e. The van der Waals surface area contributed by atoms with Crippen molar-refractivity contribution in [2.75, 3.05) is 45.9 Å². The van der Waals surface area contributed by atoms with Crippen LogP contribution in [0.2, 0.25) is 5.02 Å². The molecule has 168 valence electrons. The lowest BCUT2D eigenvalue weighted by Crippen LogP contribution is -2.46.